The van der Waals surface area contributed by atoms with Crippen molar-refractivity contribution >= 4 is 0 Å². The maximum atomic E-state index is 9.71. The summed E-state index contributed by atoms with van der Waals surface area (Å²) >= 11 is 0. The second-order valence-electron chi connectivity index (χ2n) is 5.93. The summed E-state index contributed by atoms with van der Waals surface area (Å²) in [4.78, 5) is 2.41. The molecule has 20 heavy (non-hydrogen) atoms. The molecule has 0 bridgehead atoms. The fourth-order valence-corrected chi connectivity index (χ4v) is 2.54. The molecule has 0 saturated heterocycles. The number of nitrogens with two attached hydrogens (primary N) is 1. The Balaban J connectivity index is 2.65. The van der Waals surface area contributed by atoms with Crippen LogP contribution in [0.3, 0.4) is 0 Å². The number of aliphatic hydroxyl groups is 1. The van der Waals surface area contributed by atoms with Crippen molar-refractivity contribution in [1.29, 1.82) is 0 Å². The maximum absolute atomic E-state index is 9.71. The first-order valence-corrected chi connectivity index (χ1v) is 7.76. The van der Waals surface area contributed by atoms with Crippen LogP contribution in [-0.4, -0.2) is 35.7 Å². The number of hydrogen-bond acceptors (Lipinski definition) is 3. The number of unbranched alkanes of at least 4 members (excludes halogenated alkanes) is 1. The van der Waals surface area contributed by atoms with Crippen LogP contribution in [0.5, 0.6) is 0 Å². The zero-order valence-corrected chi connectivity index (χ0v) is 13.0. The molecule has 1 aromatic rings. The van der Waals surface area contributed by atoms with Gasteiger partial charge in [-0.3, -0.25) is 4.90 Å². The summed E-state index contributed by atoms with van der Waals surface area (Å²) in [6, 6.07) is 10.7. The first-order valence-electron chi connectivity index (χ1n) is 7.76. The highest BCUT2D eigenvalue weighted by Gasteiger charge is 2.18. The van der Waals surface area contributed by atoms with E-state index in [0.717, 1.165) is 38.9 Å². The fraction of sp³-hybridized carbons (Fsp3) is 0.647. The van der Waals surface area contributed by atoms with Crippen LogP contribution in [0, 0.1) is 5.92 Å². The van der Waals surface area contributed by atoms with Gasteiger partial charge in [-0.25, -0.2) is 0 Å². The number of rotatable bonds is 10. The molecular formula is C17H30N2O. The van der Waals surface area contributed by atoms with E-state index >= 15 is 0 Å². The van der Waals surface area contributed by atoms with Gasteiger partial charge in [0.2, 0.25) is 0 Å². The summed E-state index contributed by atoms with van der Waals surface area (Å²) in [5.74, 6) is 0.599. The molecule has 0 unspecified atom stereocenters. The van der Waals surface area contributed by atoms with Gasteiger partial charge >= 0.3 is 0 Å². The second-order valence-corrected chi connectivity index (χ2v) is 5.93. The van der Waals surface area contributed by atoms with Crippen molar-refractivity contribution in [2.45, 2.75) is 45.7 Å². The van der Waals surface area contributed by atoms with Crippen LogP contribution in [0.15, 0.2) is 30.3 Å². The second kappa shape index (κ2) is 9.92. The van der Waals surface area contributed by atoms with Gasteiger partial charge in [-0.05, 0) is 30.9 Å². The predicted molar refractivity (Wildman–Crippen MR) is 85.5 cm³/mol. The van der Waals surface area contributed by atoms with Crippen LogP contribution in [0.4, 0.5) is 0 Å². The topological polar surface area (TPSA) is 49.5 Å². The van der Waals surface area contributed by atoms with Gasteiger partial charge in [0.05, 0.1) is 6.61 Å². The first-order chi connectivity index (χ1) is 9.67. The Bertz CT molecular complexity index is 340. The largest absolute Gasteiger partial charge is 0.395 e. The van der Waals surface area contributed by atoms with E-state index in [9.17, 15) is 5.11 Å². The van der Waals surface area contributed by atoms with Gasteiger partial charge in [0.1, 0.15) is 0 Å². The third-order valence-corrected chi connectivity index (χ3v) is 3.55. The van der Waals surface area contributed by atoms with Gasteiger partial charge in [-0.2, -0.15) is 0 Å². The average molecular weight is 278 g/mol. The Kier molecular flexibility index (Phi) is 8.51. The summed E-state index contributed by atoms with van der Waals surface area (Å²) in [5.41, 5.74) is 6.87. The van der Waals surface area contributed by atoms with E-state index in [0.29, 0.717) is 5.92 Å². The van der Waals surface area contributed by atoms with Crippen molar-refractivity contribution < 1.29 is 5.11 Å². The Morgan fingerprint density at radius 3 is 2.40 bits per heavy atom. The fourth-order valence-electron chi connectivity index (χ4n) is 2.54. The Morgan fingerprint density at radius 2 is 1.85 bits per heavy atom. The highest BCUT2D eigenvalue weighted by atomic mass is 16.3. The Labute approximate surface area is 123 Å². The first kappa shape index (κ1) is 17.2. The van der Waals surface area contributed by atoms with E-state index in [1.807, 2.05) is 6.07 Å². The summed E-state index contributed by atoms with van der Waals surface area (Å²) in [5, 5.41) is 9.71. The minimum Gasteiger partial charge on any atom is -0.395 e. The SMILES string of the molecule is CC(C)CN(Cc1ccccc1)[C@H](CO)CCCCN. The van der Waals surface area contributed by atoms with Crippen molar-refractivity contribution in [1.82, 2.24) is 4.90 Å². The molecular weight excluding hydrogens is 248 g/mol. The van der Waals surface area contributed by atoms with E-state index in [4.69, 9.17) is 5.73 Å². The van der Waals surface area contributed by atoms with E-state index in [-0.39, 0.29) is 12.6 Å². The highest BCUT2D eigenvalue weighted by Crippen LogP contribution is 2.15. The molecule has 0 aliphatic carbocycles. The van der Waals surface area contributed by atoms with Gasteiger partial charge in [-0.1, -0.05) is 50.6 Å². The van der Waals surface area contributed by atoms with Crippen molar-refractivity contribution in [2.24, 2.45) is 11.7 Å². The molecule has 0 spiro atoms. The van der Waals surface area contributed by atoms with E-state index in [1.54, 1.807) is 0 Å². The summed E-state index contributed by atoms with van der Waals surface area (Å²) in [6.07, 6.45) is 3.15. The van der Waals surface area contributed by atoms with Gasteiger partial charge < -0.3 is 10.8 Å². The third kappa shape index (κ3) is 6.51. The van der Waals surface area contributed by atoms with E-state index < -0.39 is 0 Å². The molecule has 1 aromatic carbocycles. The molecule has 1 atom stereocenters. The summed E-state index contributed by atoms with van der Waals surface area (Å²) < 4.78 is 0. The lowest BCUT2D eigenvalue weighted by molar-refractivity contribution is 0.0968. The van der Waals surface area contributed by atoms with Crippen LogP contribution < -0.4 is 5.73 Å². The summed E-state index contributed by atoms with van der Waals surface area (Å²) in [6.45, 7) is 7.35. The molecule has 114 valence electrons. The molecule has 0 aliphatic rings. The van der Waals surface area contributed by atoms with Crippen molar-refractivity contribution in [3.05, 3.63) is 35.9 Å². The zero-order valence-electron chi connectivity index (χ0n) is 13.0. The Morgan fingerprint density at radius 1 is 1.15 bits per heavy atom. The monoisotopic (exact) mass is 278 g/mol. The zero-order chi connectivity index (χ0) is 14.8. The van der Waals surface area contributed by atoms with E-state index in [1.165, 1.54) is 5.56 Å². The molecule has 3 heteroatoms. The quantitative estimate of drug-likeness (QED) is 0.647. The number of hydrogen-bond donors (Lipinski definition) is 2. The average Bonchev–Trinajstić information content (AvgIpc) is 2.44. The molecule has 0 aromatic heterocycles. The van der Waals surface area contributed by atoms with E-state index in [2.05, 4.69) is 43.0 Å². The van der Waals surface area contributed by atoms with Crippen LogP contribution in [0.25, 0.3) is 0 Å². The lowest BCUT2D eigenvalue weighted by Crippen LogP contribution is -2.39. The van der Waals surface area contributed by atoms with Crippen LogP contribution in [0.2, 0.25) is 0 Å². The van der Waals surface area contributed by atoms with Gasteiger partial charge in [0, 0.05) is 19.1 Å². The lowest BCUT2D eigenvalue weighted by atomic mass is 10.0. The molecule has 3 nitrogen and oxygen atoms in total. The third-order valence-electron chi connectivity index (χ3n) is 3.55. The minimum atomic E-state index is 0.226. The molecule has 0 aliphatic heterocycles. The standard InChI is InChI=1S/C17H30N2O/c1-15(2)12-19(13-16-8-4-3-5-9-16)17(14-20)10-6-7-11-18/h3-5,8-9,15,17,20H,6-7,10-14,18H2,1-2H3/t17-/m0/s1. The molecule has 3 N–H and O–H groups in total. The number of aliphatic hydroxyl groups excluding tert-OH is 1. The predicted octanol–water partition coefficient (Wildman–Crippen LogP) is 2.63. The van der Waals surface area contributed by atoms with Crippen LogP contribution in [0.1, 0.15) is 38.7 Å². The minimum absolute atomic E-state index is 0.226. The smallest absolute Gasteiger partial charge is 0.0586 e. The number of benzene rings is 1. The van der Waals surface area contributed by atoms with Gasteiger partial charge in [-0.15, -0.1) is 0 Å². The number of nitrogens with zero attached hydrogens (tertiary/aromatic N) is 1. The maximum Gasteiger partial charge on any atom is 0.0586 e. The molecule has 0 amide bonds. The summed E-state index contributed by atoms with van der Waals surface area (Å²) in [7, 11) is 0. The van der Waals surface area contributed by atoms with Crippen molar-refractivity contribution in [3.8, 4) is 0 Å². The Hall–Kier alpha value is -0.900. The normalized spacial score (nSPS) is 13.1. The molecule has 0 fully saturated rings. The highest BCUT2D eigenvalue weighted by molar-refractivity contribution is 5.14. The molecule has 0 saturated carbocycles. The van der Waals surface area contributed by atoms with Crippen molar-refractivity contribution in [2.75, 3.05) is 19.7 Å². The van der Waals surface area contributed by atoms with Crippen molar-refractivity contribution in [3.63, 3.8) is 0 Å². The molecule has 1 rings (SSSR count). The lowest BCUT2D eigenvalue weighted by Gasteiger charge is -2.32. The van der Waals surface area contributed by atoms with Crippen LogP contribution in [-0.2, 0) is 6.54 Å². The van der Waals surface area contributed by atoms with Gasteiger partial charge in [0.25, 0.3) is 0 Å². The molecule has 0 radical (unpaired) electrons. The van der Waals surface area contributed by atoms with Crippen LogP contribution >= 0.6 is 0 Å². The van der Waals surface area contributed by atoms with Gasteiger partial charge in [0.15, 0.2) is 0 Å². The molecule has 0 heterocycles.